The zero-order valence-electron chi connectivity index (χ0n) is 14.5. The maximum Gasteiger partial charge on any atom is 0.257 e. The second kappa shape index (κ2) is 8.64. The lowest BCUT2D eigenvalue weighted by Gasteiger charge is -2.32. The van der Waals surface area contributed by atoms with Crippen LogP contribution in [0, 0.1) is 0 Å². The number of ether oxygens (including phenoxy) is 1. The fourth-order valence-electron chi connectivity index (χ4n) is 2.97. The van der Waals surface area contributed by atoms with Gasteiger partial charge >= 0.3 is 0 Å². The van der Waals surface area contributed by atoms with Crippen molar-refractivity contribution >= 4 is 23.2 Å². The minimum Gasteiger partial charge on any atom is -0.388 e. The maximum atomic E-state index is 12.4. The Hall–Kier alpha value is -1.92. The molecule has 0 aliphatic carbocycles. The van der Waals surface area contributed by atoms with Crippen LogP contribution in [-0.4, -0.2) is 36.4 Å². The molecule has 3 rings (SSSR count). The van der Waals surface area contributed by atoms with Crippen molar-refractivity contribution in [3.8, 4) is 0 Å². The first-order valence-electron chi connectivity index (χ1n) is 8.71. The van der Waals surface area contributed by atoms with Gasteiger partial charge in [0.15, 0.2) is 0 Å². The van der Waals surface area contributed by atoms with E-state index in [1.54, 1.807) is 24.3 Å². The highest BCUT2D eigenvalue weighted by atomic mass is 35.5. The standard InChI is InChI=1S/C20H23ClN2O3/c21-18-7-2-1-6-17(18)19(24)23-16-5-3-4-15(12-16)13-22-14-20(25)8-10-26-11-9-20/h1-7,12,22,25H,8-11,13-14H2,(H,23,24). The summed E-state index contributed by atoms with van der Waals surface area (Å²) < 4.78 is 5.29. The third kappa shape index (κ3) is 5.05. The Morgan fingerprint density at radius 3 is 2.69 bits per heavy atom. The molecule has 26 heavy (non-hydrogen) atoms. The lowest BCUT2D eigenvalue weighted by atomic mass is 9.94. The number of amides is 1. The molecular formula is C20H23ClN2O3. The molecule has 1 aliphatic rings. The number of carbonyl (C=O) groups excluding carboxylic acids is 1. The molecule has 0 aromatic heterocycles. The van der Waals surface area contributed by atoms with Crippen LogP contribution in [0.1, 0.15) is 28.8 Å². The fourth-order valence-corrected chi connectivity index (χ4v) is 3.19. The van der Waals surface area contributed by atoms with Crippen molar-refractivity contribution in [1.82, 2.24) is 5.32 Å². The monoisotopic (exact) mass is 374 g/mol. The number of hydrogen-bond donors (Lipinski definition) is 3. The number of aliphatic hydroxyl groups is 1. The Morgan fingerprint density at radius 1 is 1.15 bits per heavy atom. The van der Waals surface area contributed by atoms with E-state index in [0.717, 1.165) is 5.56 Å². The highest BCUT2D eigenvalue weighted by Crippen LogP contribution is 2.20. The van der Waals surface area contributed by atoms with E-state index in [1.165, 1.54) is 0 Å². The Kier molecular flexibility index (Phi) is 6.27. The average molecular weight is 375 g/mol. The molecular weight excluding hydrogens is 352 g/mol. The predicted molar refractivity (Wildman–Crippen MR) is 103 cm³/mol. The molecule has 1 amide bonds. The van der Waals surface area contributed by atoms with Crippen molar-refractivity contribution in [3.05, 3.63) is 64.7 Å². The SMILES string of the molecule is O=C(Nc1cccc(CNCC2(O)CCOCC2)c1)c1ccccc1Cl. The van der Waals surface area contributed by atoms with Crippen molar-refractivity contribution in [1.29, 1.82) is 0 Å². The Bertz CT molecular complexity index is 760. The smallest absolute Gasteiger partial charge is 0.257 e. The third-order valence-corrected chi connectivity index (χ3v) is 4.84. The number of anilines is 1. The topological polar surface area (TPSA) is 70.6 Å². The number of carbonyl (C=O) groups is 1. The highest BCUT2D eigenvalue weighted by Gasteiger charge is 2.29. The molecule has 0 unspecified atom stereocenters. The summed E-state index contributed by atoms with van der Waals surface area (Å²) in [5.41, 5.74) is 1.48. The van der Waals surface area contributed by atoms with Gasteiger partial charge in [0.25, 0.3) is 5.91 Å². The minimum atomic E-state index is -0.700. The summed E-state index contributed by atoms with van der Waals surface area (Å²) in [5, 5.41) is 17.1. The summed E-state index contributed by atoms with van der Waals surface area (Å²) in [6.07, 6.45) is 1.29. The summed E-state index contributed by atoms with van der Waals surface area (Å²) in [6, 6.07) is 14.6. The number of halogens is 1. The molecule has 1 fully saturated rings. The Balaban J connectivity index is 1.56. The molecule has 3 N–H and O–H groups in total. The molecule has 0 radical (unpaired) electrons. The van der Waals surface area contributed by atoms with Crippen LogP contribution < -0.4 is 10.6 Å². The van der Waals surface area contributed by atoms with Gasteiger partial charge in [0.2, 0.25) is 0 Å². The molecule has 5 nitrogen and oxygen atoms in total. The zero-order valence-corrected chi connectivity index (χ0v) is 15.3. The van der Waals surface area contributed by atoms with E-state index in [1.807, 2.05) is 24.3 Å². The second-order valence-electron chi connectivity index (χ2n) is 6.57. The number of nitrogens with one attached hydrogen (secondary N) is 2. The van der Waals surface area contributed by atoms with Gasteiger partial charge in [-0.2, -0.15) is 0 Å². The fraction of sp³-hybridized carbons (Fsp3) is 0.350. The van der Waals surface area contributed by atoms with E-state index >= 15 is 0 Å². The van der Waals surface area contributed by atoms with Gasteiger partial charge in [-0.15, -0.1) is 0 Å². The van der Waals surface area contributed by atoms with E-state index in [-0.39, 0.29) is 5.91 Å². The van der Waals surface area contributed by atoms with Crippen LogP contribution in [0.2, 0.25) is 5.02 Å². The molecule has 6 heteroatoms. The molecule has 1 saturated heterocycles. The maximum absolute atomic E-state index is 12.4. The van der Waals surface area contributed by atoms with E-state index in [4.69, 9.17) is 16.3 Å². The van der Waals surface area contributed by atoms with E-state index in [2.05, 4.69) is 10.6 Å². The predicted octanol–water partition coefficient (Wildman–Crippen LogP) is 3.22. The normalized spacial score (nSPS) is 16.2. The third-order valence-electron chi connectivity index (χ3n) is 4.51. The minimum absolute atomic E-state index is 0.239. The van der Waals surface area contributed by atoms with E-state index in [0.29, 0.717) is 55.4 Å². The summed E-state index contributed by atoms with van der Waals surface area (Å²) >= 11 is 6.07. The van der Waals surface area contributed by atoms with Crippen LogP contribution >= 0.6 is 11.6 Å². The van der Waals surface area contributed by atoms with Gasteiger partial charge in [-0.05, 0) is 29.8 Å². The Labute approximate surface area is 158 Å². The lowest BCUT2D eigenvalue weighted by Crippen LogP contribution is -2.44. The summed E-state index contributed by atoms with van der Waals surface area (Å²) in [5.74, 6) is -0.239. The van der Waals surface area contributed by atoms with Gasteiger partial charge in [-0.1, -0.05) is 35.9 Å². The van der Waals surface area contributed by atoms with Crippen LogP contribution in [0.25, 0.3) is 0 Å². The zero-order chi connectivity index (χ0) is 18.4. The van der Waals surface area contributed by atoms with Crippen LogP contribution in [0.3, 0.4) is 0 Å². The number of benzene rings is 2. The van der Waals surface area contributed by atoms with Gasteiger partial charge in [0.05, 0.1) is 16.2 Å². The molecule has 2 aromatic carbocycles. The van der Waals surface area contributed by atoms with Crippen molar-refractivity contribution in [2.24, 2.45) is 0 Å². The molecule has 0 saturated carbocycles. The van der Waals surface area contributed by atoms with Crippen LogP contribution in [0.15, 0.2) is 48.5 Å². The van der Waals surface area contributed by atoms with Crippen LogP contribution in [-0.2, 0) is 11.3 Å². The lowest BCUT2D eigenvalue weighted by molar-refractivity contribution is -0.0617. The molecule has 1 heterocycles. The van der Waals surface area contributed by atoms with Crippen molar-refractivity contribution in [3.63, 3.8) is 0 Å². The molecule has 0 spiro atoms. The average Bonchev–Trinajstić information content (AvgIpc) is 2.63. The second-order valence-corrected chi connectivity index (χ2v) is 6.98. The van der Waals surface area contributed by atoms with Crippen molar-refractivity contribution < 1.29 is 14.6 Å². The largest absolute Gasteiger partial charge is 0.388 e. The highest BCUT2D eigenvalue weighted by molar-refractivity contribution is 6.34. The van der Waals surface area contributed by atoms with E-state index in [9.17, 15) is 9.90 Å². The first-order chi connectivity index (χ1) is 12.6. The molecule has 138 valence electrons. The van der Waals surface area contributed by atoms with Crippen LogP contribution in [0.4, 0.5) is 5.69 Å². The number of hydrogen-bond acceptors (Lipinski definition) is 4. The summed E-state index contributed by atoms with van der Waals surface area (Å²) in [6.45, 7) is 2.33. The van der Waals surface area contributed by atoms with Crippen LogP contribution in [0.5, 0.6) is 0 Å². The molecule has 1 aliphatic heterocycles. The van der Waals surface area contributed by atoms with Crippen molar-refractivity contribution in [2.45, 2.75) is 25.0 Å². The summed E-state index contributed by atoms with van der Waals surface area (Å²) in [7, 11) is 0. The molecule has 0 bridgehead atoms. The Morgan fingerprint density at radius 2 is 1.92 bits per heavy atom. The van der Waals surface area contributed by atoms with Crippen molar-refractivity contribution in [2.75, 3.05) is 25.1 Å². The van der Waals surface area contributed by atoms with Gasteiger partial charge in [0, 0.05) is 44.8 Å². The van der Waals surface area contributed by atoms with Gasteiger partial charge in [0.1, 0.15) is 0 Å². The molecule has 0 atom stereocenters. The van der Waals surface area contributed by atoms with Gasteiger partial charge < -0.3 is 20.5 Å². The number of rotatable bonds is 6. The first kappa shape index (κ1) is 18.9. The van der Waals surface area contributed by atoms with Gasteiger partial charge in [-0.25, -0.2) is 0 Å². The molecule has 2 aromatic rings. The van der Waals surface area contributed by atoms with E-state index < -0.39 is 5.60 Å². The quantitative estimate of drug-likeness (QED) is 0.726. The summed E-state index contributed by atoms with van der Waals surface area (Å²) in [4.78, 5) is 12.4. The first-order valence-corrected chi connectivity index (χ1v) is 9.09. The van der Waals surface area contributed by atoms with Gasteiger partial charge in [-0.3, -0.25) is 4.79 Å².